The van der Waals surface area contributed by atoms with Crippen molar-refractivity contribution in [2.45, 2.75) is 70.1 Å². The van der Waals surface area contributed by atoms with E-state index in [2.05, 4.69) is 17.4 Å². The number of unbranched alkanes of at least 4 members (excludes halogenated alkanes) is 3. The van der Waals surface area contributed by atoms with Crippen LogP contribution < -0.4 is 5.32 Å². The molecule has 0 amide bonds. The molecule has 2 bridgehead atoms. The van der Waals surface area contributed by atoms with Gasteiger partial charge in [-0.2, -0.15) is 0 Å². The number of ether oxygens (including phenoxy) is 2. The highest BCUT2D eigenvalue weighted by atomic mass is 32.1. The number of carboxylic acid groups (broad SMARTS) is 1. The van der Waals surface area contributed by atoms with Crippen molar-refractivity contribution < 1.29 is 19.4 Å². The summed E-state index contributed by atoms with van der Waals surface area (Å²) in [5.74, 6) is 0.250. The topological polar surface area (TPSA) is 67.8 Å². The van der Waals surface area contributed by atoms with Gasteiger partial charge in [-0.15, -0.1) is 0 Å². The highest BCUT2D eigenvalue weighted by molar-refractivity contribution is 7.80. The minimum Gasteiger partial charge on any atom is -0.481 e. The molecule has 0 aliphatic carbocycles. The first-order chi connectivity index (χ1) is 13.6. The molecule has 2 saturated heterocycles. The molecular weight excluding hydrogens is 374 g/mol. The van der Waals surface area contributed by atoms with Gasteiger partial charge < -0.3 is 19.9 Å². The predicted octanol–water partition coefficient (Wildman–Crippen LogP) is 4.30. The van der Waals surface area contributed by atoms with E-state index in [1.807, 2.05) is 18.2 Å². The number of thiocarbonyl (C=S) groups is 1. The zero-order valence-corrected chi connectivity index (χ0v) is 17.2. The summed E-state index contributed by atoms with van der Waals surface area (Å²) in [7, 11) is 0. The number of aliphatic carboxylic acids is 1. The van der Waals surface area contributed by atoms with E-state index in [-0.39, 0.29) is 6.42 Å². The lowest BCUT2D eigenvalue weighted by molar-refractivity contribution is -0.137. The monoisotopic (exact) mass is 405 g/mol. The molecule has 0 saturated carbocycles. The number of hydrogen-bond donors (Lipinski definition) is 2. The Morgan fingerprint density at radius 1 is 1.11 bits per heavy atom. The van der Waals surface area contributed by atoms with Gasteiger partial charge in [-0.25, -0.2) is 0 Å². The Hall–Kier alpha value is -1.66. The van der Waals surface area contributed by atoms with Crippen LogP contribution in [0.2, 0.25) is 0 Å². The lowest BCUT2D eigenvalue weighted by Gasteiger charge is -2.28. The fourth-order valence-corrected chi connectivity index (χ4v) is 4.64. The molecule has 6 heteroatoms. The van der Waals surface area contributed by atoms with Crippen LogP contribution in [0.4, 0.5) is 0 Å². The summed E-state index contributed by atoms with van der Waals surface area (Å²) >= 11 is 5.35. The molecule has 0 unspecified atom stereocenters. The van der Waals surface area contributed by atoms with Crippen LogP contribution in [-0.2, 0) is 20.8 Å². The number of benzene rings is 1. The minimum atomic E-state index is -0.699. The van der Waals surface area contributed by atoms with E-state index < -0.39 is 5.97 Å². The van der Waals surface area contributed by atoms with E-state index in [4.69, 9.17) is 26.8 Å². The van der Waals surface area contributed by atoms with Crippen molar-refractivity contribution in [1.82, 2.24) is 5.32 Å². The highest BCUT2D eigenvalue weighted by Crippen LogP contribution is 2.45. The van der Waals surface area contributed by atoms with Gasteiger partial charge in [0.2, 0.25) is 0 Å². The zero-order chi connectivity index (χ0) is 19.8. The van der Waals surface area contributed by atoms with Crippen molar-refractivity contribution in [3.05, 3.63) is 35.9 Å². The van der Waals surface area contributed by atoms with Crippen molar-refractivity contribution in [2.75, 3.05) is 6.61 Å². The van der Waals surface area contributed by atoms with E-state index in [1.165, 1.54) is 5.56 Å². The van der Waals surface area contributed by atoms with Crippen molar-refractivity contribution in [3.63, 3.8) is 0 Å². The number of carboxylic acids is 1. The van der Waals surface area contributed by atoms with Crippen molar-refractivity contribution in [3.8, 4) is 0 Å². The molecule has 2 aliphatic heterocycles. The minimum absolute atomic E-state index is 0.279. The maximum Gasteiger partial charge on any atom is 0.303 e. The van der Waals surface area contributed by atoms with Crippen molar-refractivity contribution >= 4 is 23.4 Å². The molecule has 1 aromatic rings. The summed E-state index contributed by atoms with van der Waals surface area (Å²) in [6.45, 7) is 1.29. The molecule has 28 heavy (non-hydrogen) atoms. The molecule has 2 heterocycles. The predicted molar refractivity (Wildman–Crippen MR) is 112 cm³/mol. The first-order valence-electron chi connectivity index (χ1n) is 10.5. The Labute approximate surface area is 172 Å². The molecule has 0 radical (unpaired) electrons. The lowest BCUT2D eigenvalue weighted by atomic mass is 9.77. The summed E-state index contributed by atoms with van der Waals surface area (Å²) in [5.41, 5.74) is 1.18. The van der Waals surface area contributed by atoms with Crippen LogP contribution in [0.15, 0.2) is 30.3 Å². The maximum atomic E-state index is 10.6. The molecule has 4 atom stereocenters. The van der Waals surface area contributed by atoms with Crippen molar-refractivity contribution in [1.29, 1.82) is 0 Å². The van der Waals surface area contributed by atoms with Crippen molar-refractivity contribution in [2.24, 2.45) is 11.8 Å². The Morgan fingerprint density at radius 3 is 2.57 bits per heavy atom. The van der Waals surface area contributed by atoms with Gasteiger partial charge in [0.05, 0.1) is 18.8 Å². The number of hydrogen-bond acceptors (Lipinski definition) is 4. The molecule has 2 aliphatic rings. The van der Waals surface area contributed by atoms with E-state index in [1.54, 1.807) is 0 Å². The average Bonchev–Trinajstić information content (AvgIpc) is 3.30. The summed E-state index contributed by atoms with van der Waals surface area (Å²) < 4.78 is 12.0. The smallest absolute Gasteiger partial charge is 0.303 e. The van der Waals surface area contributed by atoms with Gasteiger partial charge in [-0.1, -0.05) is 49.6 Å². The molecule has 5 nitrogen and oxygen atoms in total. The third-order valence-corrected chi connectivity index (χ3v) is 6.22. The average molecular weight is 406 g/mol. The summed E-state index contributed by atoms with van der Waals surface area (Å²) in [4.78, 5) is 10.6. The Balaban J connectivity index is 1.36. The zero-order valence-electron chi connectivity index (χ0n) is 16.3. The maximum absolute atomic E-state index is 10.6. The molecule has 0 aromatic heterocycles. The van der Waals surface area contributed by atoms with Crippen LogP contribution in [0.3, 0.4) is 0 Å². The van der Waals surface area contributed by atoms with Gasteiger partial charge in [-0.3, -0.25) is 4.79 Å². The van der Waals surface area contributed by atoms with Crippen LogP contribution >= 0.6 is 12.2 Å². The van der Waals surface area contributed by atoms with E-state index in [0.717, 1.165) is 44.9 Å². The van der Waals surface area contributed by atoms with Gasteiger partial charge >= 0.3 is 5.97 Å². The fraction of sp³-hybridized carbons (Fsp3) is 0.636. The van der Waals surface area contributed by atoms with Crippen LogP contribution in [0.1, 0.15) is 56.9 Å². The standard InChI is InChI=1S/C22H31NO4S/c24-21(25)11-7-2-1-6-10-17-18(20-13-12-19(17)27-20)15-26-22(28)23-14-16-8-4-3-5-9-16/h3-5,8-9,17-20H,1-2,6-7,10-15H2,(H,23,28)(H,24,25)/t17-,18-,19+,20-/m1/s1. The highest BCUT2D eigenvalue weighted by Gasteiger charge is 2.48. The summed E-state index contributed by atoms with van der Waals surface area (Å²) in [6.07, 6.45) is 8.34. The molecule has 2 fully saturated rings. The molecule has 154 valence electrons. The third kappa shape index (κ3) is 6.17. The molecule has 1 aromatic carbocycles. The van der Waals surface area contributed by atoms with Gasteiger partial charge in [0, 0.05) is 18.9 Å². The van der Waals surface area contributed by atoms with Gasteiger partial charge in [0.1, 0.15) is 0 Å². The molecular formula is C22H31NO4S. The molecule has 0 spiro atoms. The van der Waals surface area contributed by atoms with Crippen LogP contribution in [-0.4, -0.2) is 35.1 Å². The third-order valence-electron chi connectivity index (χ3n) is 5.95. The van der Waals surface area contributed by atoms with Crippen LogP contribution in [0.5, 0.6) is 0 Å². The summed E-state index contributed by atoms with van der Waals surface area (Å²) in [5, 5.41) is 12.3. The lowest BCUT2D eigenvalue weighted by Crippen LogP contribution is -2.33. The van der Waals surface area contributed by atoms with E-state index in [0.29, 0.717) is 42.4 Å². The van der Waals surface area contributed by atoms with Gasteiger partial charge in [-0.05, 0) is 49.4 Å². The Morgan fingerprint density at radius 2 is 1.82 bits per heavy atom. The Kier molecular flexibility index (Phi) is 8.10. The largest absolute Gasteiger partial charge is 0.481 e. The molecule has 3 rings (SSSR count). The second-order valence-electron chi connectivity index (χ2n) is 7.90. The molecule has 2 N–H and O–H groups in total. The number of rotatable bonds is 11. The van der Waals surface area contributed by atoms with E-state index >= 15 is 0 Å². The van der Waals surface area contributed by atoms with Gasteiger partial charge in [0.25, 0.3) is 5.17 Å². The second kappa shape index (κ2) is 10.8. The number of fused-ring (bicyclic) bond motifs is 2. The normalized spacial score (nSPS) is 25.6. The Bertz CT molecular complexity index is 639. The fourth-order valence-electron chi connectivity index (χ4n) is 4.50. The number of nitrogens with one attached hydrogen (secondary N) is 1. The van der Waals surface area contributed by atoms with E-state index in [9.17, 15) is 4.79 Å². The van der Waals surface area contributed by atoms with Crippen LogP contribution in [0.25, 0.3) is 0 Å². The number of carbonyl (C=O) groups is 1. The van der Waals surface area contributed by atoms with Gasteiger partial charge in [0.15, 0.2) is 0 Å². The van der Waals surface area contributed by atoms with Crippen LogP contribution in [0, 0.1) is 11.8 Å². The second-order valence-corrected chi connectivity index (χ2v) is 8.27. The summed E-state index contributed by atoms with van der Waals surface area (Å²) in [6, 6.07) is 10.1. The first kappa shape index (κ1) is 21.1. The first-order valence-corrected chi connectivity index (χ1v) is 10.9. The SMILES string of the molecule is O=C(O)CCCCCC[C@@H]1[C@@H](COC(=S)NCc2ccccc2)[C@H]2CC[C@@H]1O2. The quantitative estimate of drug-likeness (QED) is 0.423.